The van der Waals surface area contributed by atoms with Gasteiger partial charge in [0.1, 0.15) is 11.8 Å². The smallest absolute Gasteiger partial charge is 0.325 e. The molecule has 2 heterocycles. The highest BCUT2D eigenvalue weighted by molar-refractivity contribution is 7.89. The Morgan fingerprint density at radius 3 is 2.43 bits per heavy atom. The van der Waals surface area contributed by atoms with Crippen molar-refractivity contribution in [1.29, 1.82) is 0 Å². The maximum atomic E-state index is 12.8. The fourth-order valence-corrected chi connectivity index (χ4v) is 5.35. The Balaban J connectivity index is 1.57. The van der Waals surface area contributed by atoms with Crippen molar-refractivity contribution in [2.45, 2.75) is 10.9 Å². The molecule has 1 unspecified atom stereocenters. The van der Waals surface area contributed by atoms with Crippen LogP contribution in [0.15, 0.2) is 59.6 Å². The van der Waals surface area contributed by atoms with Crippen LogP contribution >= 0.6 is 0 Å². The van der Waals surface area contributed by atoms with E-state index >= 15 is 0 Å². The minimum atomic E-state index is -3.59. The highest BCUT2D eigenvalue weighted by atomic mass is 32.2. The molecular weight excluding hydrogens is 406 g/mol. The predicted molar refractivity (Wildman–Crippen MR) is 112 cm³/mol. The SMILES string of the molecule is COc1ccc2[nH]cc(C(C(=O)O)N3CCN(S(=O)(=O)c4ccccc4)CC3)c2c1. The van der Waals surface area contributed by atoms with Crippen LogP contribution in [0.5, 0.6) is 5.75 Å². The summed E-state index contributed by atoms with van der Waals surface area (Å²) in [5.74, 6) is -0.329. The number of carboxylic acid groups (broad SMARTS) is 1. The molecule has 4 rings (SSSR count). The lowest BCUT2D eigenvalue weighted by Crippen LogP contribution is -2.50. The molecule has 0 spiro atoms. The average molecular weight is 429 g/mol. The first-order chi connectivity index (χ1) is 14.4. The number of sulfonamides is 1. The lowest BCUT2D eigenvalue weighted by atomic mass is 10.0. The molecule has 1 aliphatic rings. The Morgan fingerprint density at radius 1 is 1.10 bits per heavy atom. The highest BCUT2D eigenvalue weighted by Gasteiger charge is 2.35. The monoisotopic (exact) mass is 429 g/mol. The van der Waals surface area contributed by atoms with Gasteiger partial charge in [-0.05, 0) is 30.3 Å². The molecule has 158 valence electrons. The molecule has 2 aromatic carbocycles. The number of carboxylic acids is 1. The van der Waals surface area contributed by atoms with Crippen molar-refractivity contribution in [2.24, 2.45) is 0 Å². The number of benzene rings is 2. The second kappa shape index (κ2) is 8.10. The number of rotatable bonds is 6. The zero-order valence-electron chi connectivity index (χ0n) is 16.5. The number of nitrogens with zero attached hydrogens (tertiary/aromatic N) is 2. The zero-order chi connectivity index (χ0) is 21.3. The summed E-state index contributed by atoms with van der Waals surface area (Å²) >= 11 is 0. The lowest BCUT2D eigenvalue weighted by Gasteiger charge is -2.37. The van der Waals surface area contributed by atoms with Crippen molar-refractivity contribution in [3.05, 3.63) is 60.3 Å². The number of nitrogens with one attached hydrogen (secondary N) is 1. The molecule has 1 atom stereocenters. The van der Waals surface area contributed by atoms with E-state index in [1.165, 1.54) is 4.31 Å². The Hall–Kier alpha value is -2.88. The van der Waals surface area contributed by atoms with Crippen molar-refractivity contribution in [2.75, 3.05) is 33.3 Å². The van der Waals surface area contributed by atoms with Gasteiger partial charge in [-0.2, -0.15) is 4.31 Å². The molecule has 1 aromatic heterocycles. The zero-order valence-corrected chi connectivity index (χ0v) is 17.3. The van der Waals surface area contributed by atoms with E-state index in [9.17, 15) is 18.3 Å². The molecule has 0 aliphatic carbocycles. The number of hydrogen-bond donors (Lipinski definition) is 2. The number of aliphatic carboxylic acids is 1. The largest absolute Gasteiger partial charge is 0.497 e. The van der Waals surface area contributed by atoms with Crippen LogP contribution in [0, 0.1) is 0 Å². The van der Waals surface area contributed by atoms with Gasteiger partial charge in [-0.25, -0.2) is 8.42 Å². The number of ether oxygens (including phenoxy) is 1. The normalized spacial score (nSPS) is 17.1. The molecular formula is C21H23N3O5S. The summed E-state index contributed by atoms with van der Waals surface area (Å²) in [4.78, 5) is 17.3. The minimum Gasteiger partial charge on any atom is -0.497 e. The first-order valence-electron chi connectivity index (χ1n) is 9.59. The third-order valence-corrected chi connectivity index (χ3v) is 7.38. The van der Waals surface area contributed by atoms with Crippen molar-refractivity contribution >= 4 is 26.9 Å². The van der Waals surface area contributed by atoms with Gasteiger partial charge in [0.05, 0.1) is 12.0 Å². The Morgan fingerprint density at radius 2 is 1.80 bits per heavy atom. The number of H-pyrrole nitrogens is 1. The van der Waals surface area contributed by atoms with E-state index in [1.54, 1.807) is 48.5 Å². The van der Waals surface area contributed by atoms with Gasteiger partial charge in [-0.1, -0.05) is 18.2 Å². The van der Waals surface area contributed by atoms with Crippen LogP contribution in [0.1, 0.15) is 11.6 Å². The number of carbonyl (C=O) groups is 1. The third-order valence-electron chi connectivity index (χ3n) is 5.47. The number of hydrogen-bond acceptors (Lipinski definition) is 5. The number of aromatic amines is 1. The maximum absolute atomic E-state index is 12.8. The van der Waals surface area contributed by atoms with Gasteiger partial charge in [0.15, 0.2) is 0 Å². The Bertz CT molecular complexity index is 1150. The van der Waals surface area contributed by atoms with Crippen molar-refractivity contribution in [1.82, 2.24) is 14.2 Å². The second-order valence-corrected chi connectivity index (χ2v) is 9.09. The van der Waals surface area contributed by atoms with Crippen molar-refractivity contribution < 1.29 is 23.1 Å². The van der Waals surface area contributed by atoms with E-state index in [-0.39, 0.29) is 18.0 Å². The van der Waals surface area contributed by atoms with Gasteiger partial charge in [0.25, 0.3) is 0 Å². The molecule has 0 bridgehead atoms. The van der Waals surface area contributed by atoms with Gasteiger partial charge in [0.2, 0.25) is 10.0 Å². The van der Waals surface area contributed by atoms with Crippen LogP contribution in [0.2, 0.25) is 0 Å². The summed E-state index contributed by atoms with van der Waals surface area (Å²) in [6, 6.07) is 12.9. The van der Waals surface area contributed by atoms with Gasteiger partial charge in [-0.15, -0.1) is 0 Å². The molecule has 9 heteroatoms. The topological polar surface area (TPSA) is 103 Å². The minimum absolute atomic E-state index is 0.229. The molecule has 1 saturated heterocycles. The molecule has 2 N–H and O–H groups in total. The highest BCUT2D eigenvalue weighted by Crippen LogP contribution is 2.32. The van der Waals surface area contributed by atoms with Crippen LogP contribution in [0.25, 0.3) is 10.9 Å². The van der Waals surface area contributed by atoms with Crippen LogP contribution < -0.4 is 4.74 Å². The van der Waals surface area contributed by atoms with Crippen LogP contribution in [-0.2, 0) is 14.8 Å². The standard InChI is InChI=1S/C21H23N3O5S/c1-29-15-7-8-19-17(13-15)18(14-22-19)20(21(25)26)23-9-11-24(12-10-23)30(27,28)16-5-3-2-4-6-16/h2-8,13-14,20,22H,9-12H2,1H3,(H,25,26). The fourth-order valence-electron chi connectivity index (χ4n) is 3.90. The number of methoxy groups -OCH3 is 1. The molecule has 1 aliphatic heterocycles. The van der Waals surface area contributed by atoms with Gasteiger partial charge < -0.3 is 14.8 Å². The van der Waals surface area contributed by atoms with Crippen LogP contribution in [-0.4, -0.2) is 67.0 Å². The summed E-state index contributed by atoms with van der Waals surface area (Å²) in [6.07, 6.45) is 1.70. The summed E-state index contributed by atoms with van der Waals surface area (Å²) in [5.41, 5.74) is 1.46. The predicted octanol–water partition coefficient (Wildman–Crippen LogP) is 2.31. The maximum Gasteiger partial charge on any atom is 0.325 e. The summed E-state index contributed by atoms with van der Waals surface area (Å²) in [5, 5.41) is 10.7. The molecule has 0 radical (unpaired) electrons. The second-order valence-electron chi connectivity index (χ2n) is 7.15. The molecule has 0 amide bonds. The van der Waals surface area contributed by atoms with E-state index in [0.717, 1.165) is 10.9 Å². The van der Waals surface area contributed by atoms with Gasteiger partial charge in [-0.3, -0.25) is 9.69 Å². The molecule has 3 aromatic rings. The average Bonchev–Trinajstić information content (AvgIpc) is 3.17. The first kappa shape index (κ1) is 20.4. The van der Waals surface area contributed by atoms with E-state index in [1.807, 2.05) is 18.2 Å². The molecule has 8 nitrogen and oxygen atoms in total. The summed E-state index contributed by atoms with van der Waals surface area (Å²) < 4.78 is 32.4. The first-order valence-corrected chi connectivity index (χ1v) is 11.0. The lowest BCUT2D eigenvalue weighted by molar-refractivity contribution is -0.144. The van der Waals surface area contributed by atoms with Crippen molar-refractivity contribution in [3.8, 4) is 5.75 Å². The van der Waals surface area contributed by atoms with Crippen molar-refractivity contribution in [3.63, 3.8) is 0 Å². The number of aromatic nitrogens is 1. The third kappa shape index (κ3) is 3.67. The molecule has 30 heavy (non-hydrogen) atoms. The quantitative estimate of drug-likeness (QED) is 0.623. The molecule has 1 fully saturated rings. The van der Waals surface area contributed by atoms with Crippen LogP contribution in [0.3, 0.4) is 0 Å². The van der Waals surface area contributed by atoms with E-state index in [2.05, 4.69) is 4.98 Å². The summed E-state index contributed by atoms with van der Waals surface area (Å²) in [6.45, 7) is 1.10. The number of piperazine rings is 1. The Labute approximate surface area is 174 Å². The van der Waals surface area contributed by atoms with E-state index in [0.29, 0.717) is 24.4 Å². The number of fused-ring (bicyclic) bond motifs is 1. The van der Waals surface area contributed by atoms with Gasteiger partial charge in [0, 0.05) is 48.8 Å². The fraction of sp³-hybridized carbons (Fsp3) is 0.286. The van der Waals surface area contributed by atoms with Gasteiger partial charge >= 0.3 is 5.97 Å². The van der Waals surface area contributed by atoms with E-state index < -0.39 is 22.0 Å². The Kier molecular flexibility index (Phi) is 5.50. The van der Waals surface area contributed by atoms with Crippen LogP contribution in [0.4, 0.5) is 0 Å². The summed E-state index contributed by atoms with van der Waals surface area (Å²) in [7, 11) is -2.03. The molecule has 0 saturated carbocycles. The van der Waals surface area contributed by atoms with E-state index in [4.69, 9.17) is 4.74 Å².